The van der Waals surface area contributed by atoms with E-state index in [4.69, 9.17) is 4.74 Å². The number of hydrogen-bond donors (Lipinski definition) is 1. The lowest BCUT2D eigenvalue weighted by Gasteiger charge is -2.39. The number of thiazole rings is 1. The highest BCUT2D eigenvalue weighted by Crippen LogP contribution is 2.38. The number of hydrogen-bond acceptors (Lipinski definition) is 5. The summed E-state index contributed by atoms with van der Waals surface area (Å²) in [6.45, 7) is 4.97. The van der Waals surface area contributed by atoms with E-state index in [1.165, 1.54) is 29.0 Å². The van der Waals surface area contributed by atoms with Crippen molar-refractivity contribution in [2.45, 2.75) is 39.5 Å². The Morgan fingerprint density at radius 2 is 1.92 bits per heavy atom. The lowest BCUT2D eigenvalue weighted by Crippen LogP contribution is -2.42. The summed E-state index contributed by atoms with van der Waals surface area (Å²) >= 11 is 1.35. The molecule has 1 aliphatic rings. The van der Waals surface area contributed by atoms with Crippen LogP contribution in [0.15, 0.2) is 78.2 Å². The Hall–Kier alpha value is -4.04. The van der Waals surface area contributed by atoms with E-state index < -0.39 is 0 Å². The van der Waals surface area contributed by atoms with Crippen molar-refractivity contribution in [3.63, 3.8) is 0 Å². The molecule has 1 atom stereocenters. The van der Waals surface area contributed by atoms with Crippen molar-refractivity contribution in [1.82, 2.24) is 15.2 Å². The van der Waals surface area contributed by atoms with Gasteiger partial charge >= 0.3 is 0 Å². The van der Waals surface area contributed by atoms with Crippen molar-refractivity contribution in [1.29, 1.82) is 0 Å². The van der Waals surface area contributed by atoms with Crippen molar-refractivity contribution in [2.75, 3.05) is 6.54 Å². The summed E-state index contributed by atoms with van der Waals surface area (Å²) in [6, 6.07) is 22.1. The lowest BCUT2D eigenvalue weighted by molar-refractivity contribution is -0.136. The predicted octanol–water partition coefficient (Wildman–Crippen LogP) is 5.92. The maximum absolute atomic E-state index is 13.4. The number of rotatable bonds is 8. The van der Waals surface area contributed by atoms with Gasteiger partial charge in [0.1, 0.15) is 28.9 Å². The molecular weight excluding hydrogens is 513 g/mol. The zero-order valence-corrected chi connectivity index (χ0v) is 22.7. The van der Waals surface area contributed by atoms with Gasteiger partial charge in [-0.15, -0.1) is 11.3 Å². The first-order valence-electron chi connectivity index (χ1n) is 13.0. The molecule has 1 unspecified atom stereocenters. The van der Waals surface area contributed by atoms with Gasteiger partial charge in [-0.05, 0) is 52.9 Å². The third-order valence-electron chi connectivity index (χ3n) is 6.73. The Bertz CT molecular complexity index is 1470. The third kappa shape index (κ3) is 6.17. The first-order chi connectivity index (χ1) is 18.9. The molecule has 0 saturated heterocycles. The molecule has 0 fully saturated rings. The van der Waals surface area contributed by atoms with Gasteiger partial charge < -0.3 is 15.0 Å². The van der Waals surface area contributed by atoms with Gasteiger partial charge in [0.2, 0.25) is 5.91 Å². The van der Waals surface area contributed by atoms with Crippen LogP contribution in [0.2, 0.25) is 0 Å². The molecule has 1 aliphatic heterocycles. The number of nitrogens with zero attached hydrogens (tertiary/aromatic N) is 2. The van der Waals surface area contributed by atoms with Crippen LogP contribution in [0.5, 0.6) is 5.75 Å². The summed E-state index contributed by atoms with van der Waals surface area (Å²) in [4.78, 5) is 32.0. The van der Waals surface area contributed by atoms with Crippen LogP contribution < -0.4 is 10.1 Å². The summed E-state index contributed by atoms with van der Waals surface area (Å²) in [5, 5.41) is 5.13. The molecule has 0 radical (unpaired) electrons. The summed E-state index contributed by atoms with van der Waals surface area (Å²) in [5.74, 6) is 0.0532. The average Bonchev–Trinajstić information content (AvgIpc) is 3.43. The highest BCUT2D eigenvalue weighted by atomic mass is 32.1. The quantitative estimate of drug-likeness (QED) is 0.299. The first-order valence-corrected chi connectivity index (χ1v) is 13.8. The maximum Gasteiger partial charge on any atom is 0.271 e. The highest BCUT2D eigenvalue weighted by Gasteiger charge is 2.33. The van der Waals surface area contributed by atoms with Gasteiger partial charge in [0, 0.05) is 24.4 Å². The minimum atomic E-state index is -0.341. The highest BCUT2D eigenvalue weighted by molar-refractivity contribution is 7.09. The number of aromatic nitrogens is 1. The second kappa shape index (κ2) is 11.8. The fourth-order valence-electron chi connectivity index (χ4n) is 4.79. The van der Waals surface area contributed by atoms with E-state index >= 15 is 0 Å². The van der Waals surface area contributed by atoms with Crippen molar-refractivity contribution >= 4 is 23.2 Å². The van der Waals surface area contributed by atoms with E-state index in [0.29, 0.717) is 28.6 Å². The number of halogens is 1. The number of carbonyl (C=O) groups is 2. The van der Waals surface area contributed by atoms with E-state index in [2.05, 4.69) is 28.5 Å². The largest absolute Gasteiger partial charge is 0.486 e. The molecule has 4 aromatic rings. The number of benzene rings is 3. The normalized spacial score (nSPS) is 14.7. The molecule has 5 rings (SSSR count). The molecule has 0 bridgehead atoms. The molecule has 8 heteroatoms. The zero-order valence-electron chi connectivity index (χ0n) is 21.9. The molecule has 1 N–H and O–H groups in total. The number of fused-ring (bicyclic) bond motifs is 1. The number of carbonyl (C=O) groups excluding carboxylic acids is 2. The van der Waals surface area contributed by atoms with E-state index in [0.717, 1.165) is 17.5 Å². The fourth-order valence-corrected chi connectivity index (χ4v) is 5.48. The lowest BCUT2D eigenvalue weighted by atomic mass is 9.87. The summed E-state index contributed by atoms with van der Waals surface area (Å²) < 4.78 is 19.5. The SMILES string of the molecule is CC(C)C(=O)N1CCc2ccc(OCc3nc(C(=O)NCc4cccc(F)c4)cs3)cc2C1c1ccccc1. The van der Waals surface area contributed by atoms with E-state index in [9.17, 15) is 14.0 Å². The minimum Gasteiger partial charge on any atom is -0.486 e. The van der Waals surface area contributed by atoms with Crippen LogP contribution in [-0.4, -0.2) is 28.2 Å². The summed E-state index contributed by atoms with van der Waals surface area (Å²) in [7, 11) is 0. The molecule has 6 nitrogen and oxygen atoms in total. The minimum absolute atomic E-state index is 0.0950. The van der Waals surface area contributed by atoms with Crippen LogP contribution in [0.25, 0.3) is 0 Å². The fraction of sp³-hybridized carbons (Fsp3) is 0.258. The van der Waals surface area contributed by atoms with Gasteiger partial charge in [0.05, 0.1) is 6.04 Å². The molecule has 2 heterocycles. The second-order valence-corrected chi connectivity index (χ2v) is 10.8. The molecule has 2 amide bonds. The number of nitrogens with one attached hydrogen (secondary N) is 1. The molecule has 1 aromatic heterocycles. The van der Waals surface area contributed by atoms with Crippen LogP contribution in [0.4, 0.5) is 4.39 Å². The number of amides is 2. The second-order valence-electron chi connectivity index (χ2n) is 9.84. The van der Waals surface area contributed by atoms with Crippen molar-refractivity contribution in [3.8, 4) is 5.75 Å². The smallest absolute Gasteiger partial charge is 0.271 e. The third-order valence-corrected chi connectivity index (χ3v) is 7.55. The molecule has 200 valence electrons. The first kappa shape index (κ1) is 26.6. The Morgan fingerprint density at radius 1 is 1.10 bits per heavy atom. The van der Waals surface area contributed by atoms with Gasteiger partial charge in [0.15, 0.2) is 0 Å². The summed E-state index contributed by atoms with van der Waals surface area (Å²) in [6.07, 6.45) is 0.790. The molecule has 39 heavy (non-hydrogen) atoms. The molecule has 0 aliphatic carbocycles. The molecule has 0 saturated carbocycles. The van der Waals surface area contributed by atoms with Crippen LogP contribution in [0.3, 0.4) is 0 Å². The van der Waals surface area contributed by atoms with Gasteiger partial charge in [-0.3, -0.25) is 9.59 Å². The Balaban J connectivity index is 1.29. The van der Waals surface area contributed by atoms with Crippen LogP contribution >= 0.6 is 11.3 Å². The van der Waals surface area contributed by atoms with E-state index in [1.54, 1.807) is 17.5 Å². The number of ether oxygens (including phenoxy) is 1. The van der Waals surface area contributed by atoms with Gasteiger partial charge in [-0.25, -0.2) is 9.37 Å². The van der Waals surface area contributed by atoms with Crippen molar-refractivity contribution in [3.05, 3.63) is 117 Å². The molecule has 0 spiro atoms. The van der Waals surface area contributed by atoms with Gasteiger partial charge in [-0.1, -0.05) is 62.4 Å². The molecule has 3 aromatic carbocycles. The van der Waals surface area contributed by atoms with Crippen molar-refractivity contribution < 1.29 is 18.7 Å². The Kier molecular flexibility index (Phi) is 8.02. The summed E-state index contributed by atoms with van der Waals surface area (Å²) in [5.41, 5.74) is 4.31. The van der Waals surface area contributed by atoms with Gasteiger partial charge in [-0.2, -0.15) is 0 Å². The van der Waals surface area contributed by atoms with Crippen LogP contribution in [0, 0.1) is 11.7 Å². The maximum atomic E-state index is 13.4. The topological polar surface area (TPSA) is 71.5 Å². The van der Waals surface area contributed by atoms with Crippen LogP contribution in [0.1, 0.15) is 57.6 Å². The predicted molar refractivity (Wildman–Crippen MR) is 149 cm³/mol. The average molecular weight is 544 g/mol. The van der Waals surface area contributed by atoms with Crippen LogP contribution in [-0.2, 0) is 24.4 Å². The standard InChI is InChI=1S/C31H30FN3O3S/c1-20(2)31(37)35-14-13-22-11-12-25(16-26(22)29(35)23-8-4-3-5-9-23)38-18-28-34-27(19-39-28)30(36)33-17-21-7-6-10-24(32)15-21/h3-12,15-16,19-20,29H,13-14,17-18H2,1-2H3,(H,33,36). The van der Waals surface area contributed by atoms with Gasteiger partial charge in [0.25, 0.3) is 5.91 Å². The van der Waals surface area contributed by atoms with Crippen molar-refractivity contribution in [2.24, 2.45) is 5.92 Å². The zero-order chi connectivity index (χ0) is 27.4. The van der Waals surface area contributed by atoms with E-state index in [1.807, 2.05) is 49.1 Å². The Morgan fingerprint density at radius 3 is 2.69 bits per heavy atom. The van der Waals surface area contributed by atoms with E-state index in [-0.39, 0.29) is 42.7 Å². The Labute approximate surface area is 231 Å². The monoisotopic (exact) mass is 543 g/mol. The molecular formula is C31H30FN3O3S.